The molecule has 0 saturated carbocycles. The largest absolute Gasteiger partial charge is 0.125 e. The zero-order valence-electron chi connectivity index (χ0n) is 5.05. The molecule has 0 radical (unpaired) electrons. The summed E-state index contributed by atoms with van der Waals surface area (Å²) in [5.74, 6) is 1.80. The van der Waals surface area contributed by atoms with Crippen LogP contribution in [0.25, 0.3) is 0 Å². The summed E-state index contributed by atoms with van der Waals surface area (Å²) in [6.45, 7) is 4.33. The minimum Gasteiger partial charge on any atom is -0.125 e. The van der Waals surface area contributed by atoms with Crippen LogP contribution in [0.2, 0.25) is 0 Å². The summed E-state index contributed by atoms with van der Waals surface area (Å²) in [6, 6.07) is 0. The number of thiocarbonyl (C=S) groups is 1. The van der Waals surface area contributed by atoms with E-state index in [0.717, 1.165) is 9.28 Å². The van der Waals surface area contributed by atoms with Crippen LogP contribution in [-0.4, -0.2) is 9.28 Å². The Bertz CT molecular complexity index is 77.7. The Morgan fingerprint density at radius 3 is 2.38 bits per heavy atom. The molecule has 3 heteroatoms. The van der Waals surface area contributed by atoms with E-state index >= 15 is 0 Å². The lowest BCUT2D eigenvalue weighted by molar-refractivity contribution is 0.752. The highest BCUT2D eigenvalue weighted by Crippen LogP contribution is 2.11. The Morgan fingerprint density at radius 2 is 2.25 bits per heavy atom. The van der Waals surface area contributed by atoms with Crippen molar-refractivity contribution in [2.75, 3.05) is 5.75 Å². The second kappa shape index (κ2) is 4.65. The van der Waals surface area contributed by atoms with Crippen LogP contribution >= 0.6 is 36.6 Å². The van der Waals surface area contributed by atoms with E-state index in [4.69, 9.17) is 12.2 Å². The molecule has 0 spiro atoms. The summed E-state index contributed by atoms with van der Waals surface area (Å²) in [5, 5.41) is 0. The molecule has 0 aromatic carbocycles. The van der Waals surface area contributed by atoms with Crippen LogP contribution in [0.5, 0.6) is 0 Å². The summed E-state index contributed by atoms with van der Waals surface area (Å²) in [7, 11) is 0. The summed E-state index contributed by atoms with van der Waals surface area (Å²) < 4.78 is 0.749. The molecular weight excluding hydrogens is 156 g/mol. The van der Waals surface area contributed by atoms with Crippen LogP contribution in [-0.2, 0) is 0 Å². The van der Waals surface area contributed by atoms with Crippen LogP contribution in [0, 0.1) is 5.92 Å². The number of thiol groups is 1. The lowest BCUT2D eigenvalue weighted by atomic mass is 10.3. The van der Waals surface area contributed by atoms with Crippen LogP contribution in [0.4, 0.5) is 0 Å². The topological polar surface area (TPSA) is 0 Å². The molecule has 0 unspecified atom stereocenters. The van der Waals surface area contributed by atoms with E-state index in [1.165, 1.54) is 0 Å². The molecule has 0 aromatic heterocycles. The molecule has 0 N–H and O–H groups in total. The van der Waals surface area contributed by atoms with Crippen LogP contribution < -0.4 is 0 Å². The van der Waals surface area contributed by atoms with Gasteiger partial charge < -0.3 is 0 Å². The van der Waals surface area contributed by atoms with E-state index in [1.54, 1.807) is 11.8 Å². The lowest BCUT2D eigenvalue weighted by Crippen LogP contribution is -1.90. The molecule has 0 aromatic rings. The van der Waals surface area contributed by atoms with E-state index < -0.39 is 0 Å². The highest BCUT2D eigenvalue weighted by molar-refractivity contribution is 8.41. The molecule has 0 aliphatic rings. The first-order valence-corrected chi connectivity index (χ1v) is 4.32. The Morgan fingerprint density at radius 1 is 1.75 bits per heavy atom. The molecule has 0 rings (SSSR count). The summed E-state index contributed by atoms with van der Waals surface area (Å²) in [4.78, 5) is 0. The van der Waals surface area contributed by atoms with Gasteiger partial charge in [0.05, 0.1) is 0 Å². The summed E-state index contributed by atoms with van der Waals surface area (Å²) in [6.07, 6.45) is 0. The maximum absolute atomic E-state index is 4.74. The molecule has 0 aliphatic carbocycles. The van der Waals surface area contributed by atoms with Gasteiger partial charge in [-0.1, -0.05) is 26.1 Å². The Labute approximate surface area is 65.8 Å². The smallest absolute Gasteiger partial charge is 0.101 e. The third-order valence-corrected chi connectivity index (χ3v) is 2.36. The highest BCUT2D eigenvalue weighted by atomic mass is 32.2. The molecule has 0 atom stereocenters. The van der Waals surface area contributed by atoms with Crippen molar-refractivity contribution in [3.63, 3.8) is 0 Å². The van der Waals surface area contributed by atoms with E-state index in [0.29, 0.717) is 5.92 Å². The van der Waals surface area contributed by atoms with Gasteiger partial charge in [0.2, 0.25) is 0 Å². The molecule has 0 nitrogen and oxygen atoms in total. The van der Waals surface area contributed by atoms with Gasteiger partial charge in [-0.05, 0) is 5.92 Å². The predicted octanol–water partition coefficient (Wildman–Crippen LogP) is 2.59. The Hall–Kier alpha value is 0.790. The SMILES string of the molecule is CC(C)CSC(=S)S. The zero-order valence-corrected chi connectivity index (χ0v) is 7.58. The van der Waals surface area contributed by atoms with Crippen LogP contribution in [0.1, 0.15) is 13.8 Å². The molecule has 8 heavy (non-hydrogen) atoms. The van der Waals surface area contributed by atoms with Gasteiger partial charge >= 0.3 is 0 Å². The lowest BCUT2D eigenvalue weighted by Gasteiger charge is -1.99. The zero-order chi connectivity index (χ0) is 6.57. The monoisotopic (exact) mass is 166 g/mol. The molecular formula is C5H10S3. The van der Waals surface area contributed by atoms with Crippen molar-refractivity contribution in [2.45, 2.75) is 13.8 Å². The van der Waals surface area contributed by atoms with Crippen LogP contribution in [0.3, 0.4) is 0 Å². The first-order chi connectivity index (χ1) is 3.63. The van der Waals surface area contributed by atoms with Gasteiger partial charge in [-0.3, -0.25) is 0 Å². The number of hydrogen-bond donors (Lipinski definition) is 1. The maximum Gasteiger partial charge on any atom is 0.101 e. The van der Waals surface area contributed by atoms with Gasteiger partial charge in [-0.25, -0.2) is 0 Å². The fraction of sp³-hybridized carbons (Fsp3) is 0.800. The first-order valence-electron chi connectivity index (χ1n) is 2.48. The minimum absolute atomic E-state index is 0.713. The fourth-order valence-corrected chi connectivity index (χ4v) is 1.14. The van der Waals surface area contributed by atoms with Crippen molar-refractivity contribution >= 4 is 40.1 Å². The number of rotatable bonds is 2. The number of hydrogen-bond acceptors (Lipinski definition) is 2. The standard InChI is InChI=1S/C5H10S3/c1-4(2)3-8-5(6)7/h4H,3H2,1-2H3,(H,6,7). The van der Waals surface area contributed by atoms with Crippen molar-refractivity contribution in [1.82, 2.24) is 0 Å². The molecule has 0 amide bonds. The average Bonchev–Trinajstić information content (AvgIpc) is 1.61. The van der Waals surface area contributed by atoms with E-state index in [-0.39, 0.29) is 0 Å². The van der Waals surface area contributed by atoms with Gasteiger partial charge in [0.1, 0.15) is 3.53 Å². The molecule has 0 heterocycles. The molecule has 0 saturated heterocycles. The van der Waals surface area contributed by atoms with Gasteiger partial charge in [0.15, 0.2) is 0 Å². The summed E-state index contributed by atoms with van der Waals surface area (Å²) in [5.41, 5.74) is 0. The van der Waals surface area contributed by atoms with Crippen molar-refractivity contribution in [3.8, 4) is 0 Å². The highest BCUT2D eigenvalue weighted by Gasteiger charge is 1.93. The van der Waals surface area contributed by atoms with E-state index in [2.05, 4.69) is 26.5 Å². The quantitative estimate of drug-likeness (QED) is 0.494. The third-order valence-electron chi connectivity index (χ3n) is 0.540. The summed E-state index contributed by atoms with van der Waals surface area (Å²) >= 11 is 10.3. The second-order valence-corrected chi connectivity index (χ2v) is 4.72. The normalized spacial score (nSPS) is 10.0. The third kappa shape index (κ3) is 6.79. The van der Waals surface area contributed by atoms with E-state index in [9.17, 15) is 0 Å². The first kappa shape index (κ1) is 8.79. The molecule has 0 fully saturated rings. The molecule has 0 aliphatic heterocycles. The van der Waals surface area contributed by atoms with Gasteiger partial charge in [0.25, 0.3) is 0 Å². The van der Waals surface area contributed by atoms with Crippen molar-refractivity contribution in [3.05, 3.63) is 0 Å². The number of thioether (sulfide) groups is 1. The Balaban J connectivity index is 3.05. The van der Waals surface area contributed by atoms with Crippen molar-refractivity contribution in [1.29, 1.82) is 0 Å². The molecule has 48 valence electrons. The predicted molar refractivity (Wildman–Crippen MR) is 48.9 cm³/mol. The maximum atomic E-state index is 4.74. The van der Waals surface area contributed by atoms with Crippen LogP contribution in [0.15, 0.2) is 0 Å². The molecule has 0 bridgehead atoms. The van der Waals surface area contributed by atoms with E-state index in [1.807, 2.05) is 0 Å². The van der Waals surface area contributed by atoms with Gasteiger partial charge in [0, 0.05) is 5.75 Å². The van der Waals surface area contributed by atoms with Crippen molar-refractivity contribution < 1.29 is 0 Å². The average molecular weight is 166 g/mol. The Kier molecular flexibility index (Phi) is 5.11. The van der Waals surface area contributed by atoms with Gasteiger partial charge in [-0.15, -0.1) is 24.4 Å². The fourth-order valence-electron chi connectivity index (χ4n) is 0.238. The second-order valence-electron chi connectivity index (χ2n) is 1.97. The minimum atomic E-state index is 0.713. The van der Waals surface area contributed by atoms with Crippen molar-refractivity contribution in [2.24, 2.45) is 5.92 Å². The van der Waals surface area contributed by atoms with Gasteiger partial charge in [-0.2, -0.15) is 0 Å².